The van der Waals surface area contributed by atoms with E-state index in [4.69, 9.17) is 0 Å². The number of methoxy groups -OCH3 is 1. The van der Waals surface area contributed by atoms with E-state index in [0.29, 0.717) is 6.41 Å². The standard InChI is InChI=1S/C5H9NO3/c1-4(6-3-7)5(8)9-2/h3-4H,1-2H3,(H,6,7)/t4-/m0/s1. The van der Waals surface area contributed by atoms with Gasteiger partial charge in [-0.3, -0.25) is 4.79 Å². The summed E-state index contributed by atoms with van der Waals surface area (Å²) in [6, 6.07) is -0.549. The molecule has 0 spiro atoms. The van der Waals surface area contributed by atoms with E-state index >= 15 is 0 Å². The molecule has 4 nitrogen and oxygen atoms in total. The molecular weight excluding hydrogens is 122 g/mol. The van der Waals surface area contributed by atoms with Gasteiger partial charge < -0.3 is 10.1 Å². The van der Waals surface area contributed by atoms with Gasteiger partial charge in [-0.05, 0) is 6.92 Å². The molecule has 52 valence electrons. The Labute approximate surface area is 53.2 Å². The van der Waals surface area contributed by atoms with Crippen LogP contribution in [0, 0.1) is 0 Å². The lowest BCUT2D eigenvalue weighted by Crippen LogP contribution is -2.33. The van der Waals surface area contributed by atoms with Gasteiger partial charge in [0.1, 0.15) is 6.04 Å². The molecule has 0 aromatic carbocycles. The van der Waals surface area contributed by atoms with E-state index in [2.05, 4.69) is 10.1 Å². The van der Waals surface area contributed by atoms with Gasteiger partial charge >= 0.3 is 5.97 Å². The molecule has 0 bridgehead atoms. The number of ether oxygens (including phenoxy) is 1. The van der Waals surface area contributed by atoms with Crippen molar-refractivity contribution < 1.29 is 14.3 Å². The Morgan fingerprint density at radius 2 is 2.33 bits per heavy atom. The maximum Gasteiger partial charge on any atom is 0.328 e. The van der Waals surface area contributed by atoms with Crippen molar-refractivity contribution >= 4 is 12.4 Å². The summed E-state index contributed by atoms with van der Waals surface area (Å²) in [5, 5.41) is 2.24. The van der Waals surface area contributed by atoms with Crippen molar-refractivity contribution in [1.82, 2.24) is 5.32 Å². The molecular formula is C5H9NO3. The molecule has 0 aromatic rings. The van der Waals surface area contributed by atoms with Gasteiger partial charge in [-0.2, -0.15) is 0 Å². The second-order valence-corrected chi connectivity index (χ2v) is 1.53. The topological polar surface area (TPSA) is 55.4 Å². The smallest absolute Gasteiger partial charge is 0.328 e. The Hall–Kier alpha value is -1.06. The molecule has 0 saturated heterocycles. The van der Waals surface area contributed by atoms with Gasteiger partial charge in [0.25, 0.3) is 0 Å². The summed E-state index contributed by atoms with van der Waals surface area (Å²) >= 11 is 0. The molecule has 0 heterocycles. The number of rotatable bonds is 3. The predicted molar refractivity (Wildman–Crippen MR) is 30.7 cm³/mol. The molecule has 0 radical (unpaired) electrons. The highest BCUT2D eigenvalue weighted by molar-refractivity contribution is 5.77. The average molecular weight is 131 g/mol. The first-order valence-electron chi connectivity index (χ1n) is 2.50. The van der Waals surface area contributed by atoms with Gasteiger partial charge in [-0.1, -0.05) is 0 Å². The maximum atomic E-state index is 10.5. The van der Waals surface area contributed by atoms with Gasteiger partial charge in [0.15, 0.2) is 0 Å². The van der Waals surface area contributed by atoms with Crippen LogP contribution in [0.4, 0.5) is 0 Å². The minimum Gasteiger partial charge on any atom is -0.467 e. The lowest BCUT2D eigenvalue weighted by atomic mass is 10.4. The highest BCUT2D eigenvalue weighted by Crippen LogP contribution is 1.81. The number of hydrogen-bond donors (Lipinski definition) is 1. The zero-order chi connectivity index (χ0) is 7.28. The summed E-state index contributed by atoms with van der Waals surface area (Å²) in [4.78, 5) is 20.2. The van der Waals surface area contributed by atoms with E-state index in [1.54, 1.807) is 6.92 Å². The lowest BCUT2D eigenvalue weighted by molar-refractivity contribution is -0.143. The minimum atomic E-state index is -0.549. The van der Waals surface area contributed by atoms with Gasteiger partial charge in [-0.15, -0.1) is 0 Å². The fourth-order valence-corrected chi connectivity index (χ4v) is 0.347. The third-order valence-electron chi connectivity index (χ3n) is 0.873. The molecule has 1 N–H and O–H groups in total. The number of amides is 1. The van der Waals surface area contributed by atoms with Gasteiger partial charge in [-0.25, -0.2) is 4.79 Å². The monoisotopic (exact) mass is 131 g/mol. The summed E-state index contributed by atoms with van der Waals surface area (Å²) in [6.07, 6.45) is 0.460. The first-order valence-corrected chi connectivity index (χ1v) is 2.50. The lowest BCUT2D eigenvalue weighted by Gasteiger charge is -2.05. The van der Waals surface area contributed by atoms with Crippen LogP contribution in [-0.2, 0) is 14.3 Å². The second-order valence-electron chi connectivity index (χ2n) is 1.53. The van der Waals surface area contributed by atoms with E-state index in [0.717, 1.165) is 0 Å². The van der Waals surface area contributed by atoms with Crippen LogP contribution in [0.5, 0.6) is 0 Å². The first-order chi connectivity index (χ1) is 4.22. The molecule has 4 heteroatoms. The van der Waals surface area contributed by atoms with E-state index in [1.807, 2.05) is 0 Å². The Bertz CT molecular complexity index is 113. The largest absolute Gasteiger partial charge is 0.467 e. The van der Waals surface area contributed by atoms with Crippen molar-refractivity contribution in [3.8, 4) is 0 Å². The minimum absolute atomic E-state index is 0.442. The normalized spacial score (nSPS) is 11.8. The van der Waals surface area contributed by atoms with Crippen molar-refractivity contribution in [2.75, 3.05) is 7.11 Å². The fraction of sp³-hybridized carbons (Fsp3) is 0.600. The summed E-state index contributed by atoms with van der Waals surface area (Å²) < 4.78 is 4.30. The van der Waals surface area contributed by atoms with E-state index in [9.17, 15) is 9.59 Å². The maximum absolute atomic E-state index is 10.5. The van der Waals surface area contributed by atoms with Crippen molar-refractivity contribution in [3.05, 3.63) is 0 Å². The molecule has 0 unspecified atom stereocenters. The quantitative estimate of drug-likeness (QED) is 0.407. The SMILES string of the molecule is COC(=O)[C@H](C)NC=O. The molecule has 0 aliphatic carbocycles. The second kappa shape index (κ2) is 3.88. The fourth-order valence-electron chi connectivity index (χ4n) is 0.347. The molecule has 0 aliphatic rings. The highest BCUT2D eigenvalue weighted by Gasteiger charge is 2.09. The van der Waals surface area contributed by atoms with Crippen molar-refractivity contribution in [3.63, 3.8) is 0 Å². The predicted octanol–water partition coefficient (Wildman–Crippen LogP) is -0.706. The number of hydrogen-bond acceptors (Lipinski definition) is 3. The van der Waals surface area contributed by atoms with Crippen LogP contribution in [0.3, 0.4) is 0 Å². The molecule has 9 heavy (non-hydrogen) atoms. The van der Waals surface area contributed by atoms with Crippen LogP contribution < -0.4 is 5.32 Å². The van der Waals surface area contributed by atoms with Crippen LogP contribution >= 0.6 is 0 Å². The molecule has 0 fully saturated rings. The summed E-state index contributed by atoms with van der Waals surface area (Å²) in [6.45, 7) is 1.54. The Morgan fingerprint density at radius 3 is 2.67 bits per heavy atom. The zero-order valence-electron chi connectivity index (χ0n) is 5.38. The molecule has 0 aliphatic heterocycles. The molecule has 0 rings (SSSR count). The van der Waals surface area contributed by atoms with Gasteiger partial charge in [0, 0.05) is 0 Å². The van der Waals surface area contributed by atoms with Crippen LogP contribution in [0.15, 0.2) is 0 Å². The summed E-state index contributed by atoms with van der Waals surface area (Å²) in [7, 11) is 1.27. The van der Waals surface area contributed by atoms with Crippen molar-refractivity contribution in [2.45, 2.75) is 13.0 Å². The van der Waals surface area contributed by atoms with Gasteiger partial charge in [0.2, 0.25) is 6.41 Å². The third kappa shape index (κ3) is 2.69. The first kappa shape index (κ1) is 7.94. The Morgan fingerprint density at radius 1 is 1.78 bits per heavy atom. The molecule has 0 aromatic heterocycles. The number of carbonyl (C=O) groups excluding carboxylic acids is 2. The summed E-state index contributed by atoms with van der Waals surface area (Å²) in [5.74, 6) is -0.442. The average Bonchev–Trinajstić information content (AvgIpc) is 1.87. The van der Waals surface area contributed by atoms with Crippen molar-refractivity contribution in [2.24, 2.45) is 0 Å². The zero-order valence-corrected chi connectivity index (χ0v) is 5.38. The number of esters is 1. The van der Waals surface area contributed by atoms with E-state index in [1.165, 1.54) is 7.11 Å². The van der Waals surface area contributed by atoms with Crippen molar-refractivity contribution in [1.29, 1.82) is 0 Å². The van der Waals surface area contributed by atoms with E-state index in [-0.39, 0.29) is 0 Å². The number of carbonyl (C=O) groups is 2. The Balaban J connectivity index is 3.58. The van der Waals surface area contributed by atoms with Crippen LogP contribution in [0.1, 0.15) is 6.92 Å². The van der Waals surface area contributed by atoms with Gasteiger partial charge in [0.05, 0.1) is 7.11 Å². The van der Waals surface area contributed by atoms with E-state index < -0.39 is 12.0 Å². The molecule has 0 saturated carbocycles. The van der Waals surface area contributed by atoms with Crippen LogP contribution in [-0.4, -0.2) is 25.5 Å². The molecule has 1 amide bonds. The summed E-state index contributed by atoms with van der Waals surface area (Å²) in [5.41, 5.74) is 0. The molecule has 1 atom stereocenters. The van der Waals surface area contributed by atoms with Crippen LogP contribution in [0.25, 0.3) is 0 Å². The van der Waals surface area contributed by atoms with Crippen LogP contribution in [0.2, 0.25) is 0 Å². The third-order valence-corrected chi connectivity index (χ3v) is 0.873. The Kier molecular flexibility index (Phi) is 3.43. The highest BCUT2D eigenvalue weighted by atomic mass is 16.5. The number of nitrogens with one attached hydrogen (secondary N) is 1.